The van der Waals surface area contributed by atoms with Gasteiger partial charge in [0.1, 0.15) is 5.54 Å². The van der Waals surface area contributed by atoms with Gasteiger partial charge in [-0.2, -0.15) is 9.98 Å². The van der Waals surface area contributed by atoms with Crippen LogP contribution >= 0.6 is 0 Å². The highest BCUT2D eigenvalue weighted by Crippen LogP contribution is 2.17. The Hall–Kier alpha value is -1.91. The zero-order chi connectivity index (χ0) is 14.7. The molecule has 19 heavy (non-hydrogen) atoms. The van der Waals surface area contributed by atoms with Crippen LogP contribution in [0.25, 0.3) is 0 Å². The Morgan fingerprint density at radius 1 is 1.53 bits per heavy atom. The predicted molar refractivity (Wildman–Crippen MR) is 67.8 cm³/mol. The third-order valence-electron chi connectivity index (χ3n) is 2.81. The van der Waals surface area contributed by atoms with Crippen molar-refractivity contribution in [3.05, 3.63) is 29.8 Å². The van der Waals surface area contributed by atoms with E-state index < -0.39 is 21.5 Å². The second kappa shape index (κ2) is 5.38. The lowest BCUT2D eigenvalue weighted by molar-refractivity contribution is -0.143. The minimum atomic E-state index is -3.99. The van der Waals surface area contributed by atoms with Gasteiger partial charge in [0.05, 0.1) is 16.5 Å². The predicted octanol–water partition coefficient (Wildman–Crippen LogP) is 1.09. The van der Waals surface area contributed by atoms with E-state index in [0.29, 0.717) is 0 Å². The van der Waals surface area contributed by atoms with Gasteiger partial charge >= 0.3 is 5.97 Å². The van der Waals surface area contributed by atoms with Gasteiger partial charge in [0.25, 0.3) is 0 Å². The molecule has 6 nitrogen and oxygen atoms in total. The molecule has 0 aromatic heterocycles. The van der Waals surface area contributed by atoms with Crippen molar-refractivity contribution >= 4 is 16.0 Å². The number of nitrogens with one attached hydrogen (secondary N) is 1. The van der Waals surface area contributed by atoms with Gasteiger partial charge in [-0.25, -0.2) is 8.42 Å². The molecule has 0 aliphatic rings. The maximum Gasteiger partial charge on any atom is 0.324 e. The zero-order valence-corrected chi connectivity index (χ0v) is 11.4. The second-order valence-electron chi connectivity index (χ2n) is 4.24. The van der Waals surface area contributed by atoms with E-state index in [9.17, 15) is 13.2 Å². The highest BCUT2D eigenvalue weighted by atomic mass is 32.2. The van der Waals surface area contributed by atoms with Gasteiger partial charge in [-0.1, -0.05) is 13.0 Å². The number of sulfonamides is 1. The van der Waals surface area contributed by atoms with E-state index in [1.807, 2.05) is 6.07 Å². The molecular weight excluding hydrogens is 268 g/mol. The largest absolute Gasteiger partial charge is 0.480 e. The standard InChI is InChI=1S/C12H14N2O4S/c1-3-12(2,11(15)16)14-19(17,18)10-6-4-5-9(7-10)8-13/h4-7,14H,3H2,1-2H3,(H,15,16). The summed E-state index contributed by atoms with van der Waals surface area (Å²) in [4.78, 5) is 11.0. The molecule has 0 saturated heterocycles. The monoisotopic (exact) mass is 282 g/mol. The molecule has 0 aliphatic carbocycles. The first-order chi connectivity index (χ1) is 8.75. The minimum Gasteiger partial charge on any atom is -0.480 e. The summed E-state index contributed by atoms with van der Waals surface area (Å²) in [5, 5.41) is 17.8. The second-order valence-corrected chi connectivity index (χ2v) is 5.92. The van der Waals surface area contributed by atoms with Gasteiger partial charge in [0, 0.05) is 0 Å². The van der Waals surface area contributed by atoms with Crippen molar-refractivity contribution in [2.75, 3.05) is 0 Å². The van der Waals surface area contributed by atoms with Crippen LogP contribution in [-0.4, -0.2) is 25.0 Å². The van der Waals surface area contributed by atoms with Crippen LogP contribution in [0.3, 0.4) is 0 Å². The first kappa shape index (κ1) is 15.1. The van der Waals surface area contributed by atoms with E-state index in [1.54, 1.807) is 6.92 Å². The van der Waals surface area contributed by atoms with Crippen molar-refractivity contribution in [2.45, 2.75) is 30.7 Å². The molecule has 1 rings (SSSR count). The summed E-state index contributed by atoms with van der Waals surface area (Å²) in [6.07, 6.45) is 0.0967. The number of benzene rings is 1. The van der Waals surface area contributed by atoms with Crippen molar-refractivity contribution in [1.29, 1.82) is 5.26 Å². The molecule has 0 saturated carbocycles. The van der Waals surface area contributed by atoms with Crippen molar-refractivity contribution in [3.63, 3.8) is 0 Å². The molecule has 0 fully saturated rings. The van der Waals surface area contributed by atoms with Crippen molar-refractivity contribution in [1.82, 2.24) is 4.72 Å². The van der Waals surface area contributed by atoms with Gasteiger partial charge in [-0.3, -0.25) is 4.79 Å². The molecule has 1 aromatic rings. The summed E-state index contributed by atoms with van der Waals surface area (Å²) < 4.78 is 26.3. The Balaban J connectivity index is 3.18. The molecule has 0 radical (unpaired) electrons. The third kappa shape index (κ3) is 3.30. The van der Waals surface area contributed by atoms with E-state index in [1.165, 1.54) is 31.2 Å². The maximum absolute atomic E-state index is 12.1. The smallest absolute Gasteiger partial charge is 0.324 e. The quantitative estimate of drug-likeness (QED) is 0.840. The normalized spacial score (nSPS) is 14.4. The van der Waals surface area contributed by atoms with Gasteiger partial charge in [-0.05, 0) is 31.5 Å². The Bertz CT molecular complexity index is 633. The van der Waals surface area contributed by atoms with Gasteiger partial charge in [0.2, 0.25) is 10.0 Å². The van der Waals surface area contributed by atoms with Gasteiger partial charge in [-0.15, -0.1) is 0 Å². The van der Waals surface area contributed by atoms with Crippen LogP contribution in [0.2, 0.25) is 0 Å². The Labute approximate surface area is 111 Å². The van der Waals surface area contributed by atoms with E-state index in [4.69, 9.17) is 10.4 Å². The maximum atomic E-state index is 12.1. The number of carboxylic acids is 1. The first-order valence-electron chi connectivity index (χ1n) is 5.52. The fourth-order valence-corrected chi connectivity index (χ4v) is 2.84. The molecule has 0 bridgehead atoms. The Morgan fingerprint density at radius 2 is 2.16 bits per heavy atom. The number of carboxylic acid groups (broad SMARTS) is 1. The lowest BCUT2D eigenvalue weighted by Crippen LogP contribution is -2.51. The molecule has 0 aliphatic heterocycles. The van der Waals surface area contributed by atoms with Crippen molar-refractivity contribution < 1.29 is 18.3 Å². The summed E-state index contributed by atoms with van der Waals surface area (Å²) in [5.41, 5.74) is -1.39. The summed E-state index contributed by atoms with van der Waals surface area (Å²) >= 11 is 0. The average Bonchev–Trinajstić information content (AvgIpc) is 2.38. The summed E-state index contributed by atoms with van der Waals surface area (Å²) in [6, 6.07) is 7.23. The topological polar surface area (TPSA) is 107 Å². The average molecular weight is 282 g/mol. The molecule has 0 amide bonds. The van der Waals surface area contributed by atoms with Crippen LogP contribution in [0.15, 0.2) is 29.2 Å². The van der Waals surface area contributed by atoms with Crippen LogP contribution in [-0.2, 0) is 14.8 Å². The van der Waals surface area contributed by atoms with Crippen LogP contribution < -0.4 is 4.72 Å². The molecule has 0 spiro atoms. The molecule has 1 unspecified atom stereocenters. The summed E-state index contributed by atoms with van der Waals surface area (Å²) in [5.74, 6) is -1.25. The Morgan fingerprint density at radius 3 is 2.63 bits per heavy atom. The fraction of sp³-hybridized carbons (Fsp3) is 0.333. The number of hydrogen-bond acceptors (Lipinski definition) is 4. The highest BCUT2D eigenvalue weighted by molar-refractivity contribution is 7.89. The van der Waals surface area contributed by atoms with Crippen LogP contribution in [0, 0.1) is 11.3 Å². The molecular formula is C12H14N2O4S. The van der Waals surface area contributed by atoms with E-state index in [-0.39, 0.29) is 16.9 Å². The number of nitrogens with zero attached hydrogens (tertiary/aromatic N) is 1. The van der Waals surface area contributed by atoms with E-state index in [0.717, 1.165) is 0 Å². The summed E-state index contributed by atoms with van der Waals surface area (Å²) in [6.45, 7) is 2.86. The molecule has 0 heterocycles. The van der Waals surface area contributed by atoms with Crippen LogP contribution in [0.4, 0.5) is 0 Å². The third-order valence-corrected chi connectivity index (χ3v) is 4.41. The molecule has 1 aromatic carbocycles. The Kier molecular flexibility index (Phi) is 4.29. The number of rotatable bonds is 5. The highest BCUT2D eigenvalue weighted by Gasteiger charge is 2.36. The van der Waals surface area contributed by atoms with Gasteiger partial charge in [0.15, 0.2) is 0 Å². The number of carbonyl (C=O) groups is 1. The van der Waals surface area contributed by atoms with Crippen LogP contribution in [0.1, 0.15) is 25.8 Å². The van der Waals surface area contributed by atoms with Crippen LogP contribution in [0.5, 0.6) is 0 Å². The molecule has 2 N–H and O–H groups in total. The van der Waals surface area contributed by atoms with Crippen molar-refractivity contribution in [2.24, 2.45) is 0 Å². The zero-order valence-electron chi connectivity index (χ0n) is 10.5. The number of aliphatic carboxylic acids is 1. The number of nitriles is 1. The minimum absolute atomic E-state index is 0.0967. The molecule has 7 heteroatoms. The molecule has 1 atom stereocenters. The summed E-state index contributed by atoms with van der Waals surface area (Å²) in [7, 11) is -3.99. The SMILES string of the molecule is CCC(C)(NS(=O)(=O)c1cccc(C#N)c1)C(=O)O. The lowest BCUT2D eigenvalue weighted by atomic mass is 10.0. The molecule has 102 valence electrons. The number of hydrogen-bond donors (Lipinski definition) is 2. The lowest BCUT2D eigenvalue weighted by Gasteiger charge is -2.24. The van der Waals surface area contributed by atoms with E-state index in [2.05, 4.69) is 4.72 Å². The van der Waals surface area contributed by atoms with Crippen molar-refractivity contribution in [3.8, 4) is 6.07 Å². The first-order valence-corrected chi connectivity index (χ1v) is 7.01. The fourth-order valence-electron chi connectivity index (χ4n) is 1.36. The van der Waals surface area contributed by atoms with E-state index >= 15 is 0 Å². The van der Waals surface area contributed by atoms with Gasteiger partial charge < -0.3 is 5.11 Å².